The normalized spacial score (nSPS) is 14.8. The average molecular weight is 579 g/mol. The first kappa shape index (κ1) is 36.8. The van der Waals surface area contributed by atoms with Crippen LogP contribution >= 0.6 is 0 Å². The Hall–Kier alpha value is -3.17. The number of carbonyl (C=O) groups is 3. The maximum atomic E-state index is 11.5. The van der Waals surface area contributed by atoms with E-state index in [-0.39, 0.29) is 72.1 Å². The lowest BCUT2D eigenvalue weighted by atomic mass is 10.1. The lowest BCUT2D eigenvalue weighted by molar-refractivity contribution is -0.147. The second kappa shape index (κ2) is 22.6. The third kappa shape index (κ3) is 16.7. The molecular formula is C26H42O14. The van der Waals surface area contributed by atoms with Gasteiger partial charge < -0.3 is 54.0 Å². The van der Waals surface area contributed by atoms with Crippen molar-refractivity contribution in [3.8, 4) is 0 Å². The number of hydrogen-bond donors (Lipinski definition) is 5. The van der Waals surface area contributed by atoms with Gasteiger partial charge in [-0.05, 0) is 39.0 Å². The predicted molar refractivity (Wildman–Crippen MR) is 139 cm³/mol. The van der Waals surface area contributed by atoms with Gasteiger partial charge in [-0.25, -0.2) is 14.4 Å². The van der Waals surface area contributed by atoms with Gasteiger partial charge in [-0.3, -0.25) is 0 Å². The quantitative estimate of drug-likeness (QED) is 0.0404. The zero-order valence-corrected chi connectivity index (χ0v) is 23.2. The first-order valence-electron chi connectivity index (χ1n) is 12.8. The van der Waals surface area contributed by atoms with Crippen molar-refractivity contribution in [1.82, 2.24) is 0 Å². The molecule has 0 rings (SSSR count). The maximum absolute atomic E-state index is 11.5. The van der Waals surface area contributed by atoms with Crippen molar-refractivity contribution in [3.63, 3.8) is 0 Å². The largest absolute Gasteiger partial charge is 0.502 e. The summed E-state index contributed by atoms with van der Waals surface area (Å²) in [5, 5.41) is 48.9. The molecule has 2 atom stereocenters. The summed E-state index contributed by atoms with van der Waals surface area (Å²) in [5.41, 5.74) is 0. The fourth-order valence-electron chi connectivity index (χ4n) is 2.75. The first-order chi connectivity index (χ1) is 19.1. The molecule has 0 aliphatic heterocycles. The zero-order chi connectivity index (χ0) is 30.3. The standard InChI is InChI=1S/C26H42O14/c1-4-18(27)24(32)38-13-7-10-35-16-21(30)23(37-12-9-15-40-26(34)20(29)6-3)22(31)17-36-11-8-14-39-25(33)19(28)5-2/h4-6,21-23,27-31H,7-17H2,1-3H3. The van der Waals surface area contributed by atoms with Gasteiger partial charge in [0.25, 0.3) is 0 Å². The van der Waals surface area contributed by atoms with Crippen molar-refractivity contribution < 1.29 is 68.3 Å². The number of ether oxygens (including phenoxy) is 6. The Morgan fingerprint density at radius 2 is 0.900 bits per heavy atom. The molecule has 5 N–H and O–H groups in total. The molecule has 0 amide bonds. The van der Waals surface area contributed by atoms with Crippen LogP contribution in [0.25, 0.3) is 0 Å². The van der Waals surface area contributed by atoms with Crippen molar-refractivity contribution in [2.24, 2.45) is 0 Å². The van der Waals surface area contributed by atoms with Crippen LogP contribution in [0.4, 0.5) is 0 Å². The number of hydrogen-bond acceptors (Lipinski definition) is 14. The second-order valence-corrected chi connectivity index (χ2v) is 8.11. The topological polar surface area (TPSA) is 208 Å². The molecule has 0 bridgehead atoms. The molecule has 0 fully saturated rings. The van der Waals surface area contributed by atoms with E-state index in [2.05, 4.69) is 0 Å². The van der Waals surface area contributed by atoms with Gasteiger partial charge in [0.2, 0.25) is 0 Å². The fraction of sp³-hybridized carbons (Fsp3) is 0.654. The van der Waals surface area contributed by atoms with E-state index in [0.717, 1.165) is 0 Å². The summed E-state index contributed by atoms with van der Waals surface area (Å²) < 4.78 is 30.9. The minimum absolute atomic E-state index is 0.0164. The third-order valence-corrected chi connectivity index (χ3v) is 4.95. The van der Waals surface area contributed by atoms with Gasteiger partial charge in [-0.2, -0.15) is 0 Å². The molecule has 14 heteroatoms. The predicted octanol–water partition coefficient (Wildman–Crippen LogP) is 1.31. The molecule has 0 saturated heterocycles. The van der Waals surface area contributed by atoms with Crippen molar-refractivity contribution in [3.05, 3.63) is 35.5 Å². The molecule has 40 heavy (non-hydrogen) atoms. The van der Waals surface area contributed by atoms with E-state index < -0.39 is 53.5 Å². The van der Waals surface area contributed by atoms with Crippen LogP contribution in [0.5, 0.6) is 0 Å². The Morgan fingerprint density at radius 1 is 0.575 bits per heavy atom. The van der Waals surface area contributed by atoms with E-state index in [4.69, 9.17) is 28.4 Å². The van der Waals surface area contributed by atoms with Gasteiger partial charge in [0.15, 0.2) is 17.3 Å². The number of aliphatic hydroxyl groups excluding tert-OH is 5. The number of allylic oxidation sites excluding steroid dienone is 3. The Balaban J connectivity index is 4.63. The summed E-state index contributed by atoms with van der Waals surface area (Å²) in [4.78, 5) is 34.2. The Morgan fingerprint density at radius 3 is 1.23 bits per heavy atom. The highest BCUT2D eigenvalue weighted by Gasteiger charge is 2.28. The lowest BCUT2D eigenvalue weighted by Gasteiger charge is -2.27. The summed E-state index contributed by atoms with van der Waals surface area (Å²) >= 11 is 0. The molecule has 0 spiro atoms. The molecule has 0 aromatic rings. The molecule has 0 saturated carbocycles. The summed E-state index contributed by atoms with van der Waals surface area (Å²) in [6, 6.07) is 0. The van der Waals surface area contributed by atoms with Gasteiger partial charge in [0, 0.05) is 32.5 Å². The SMILES string of the molecule is CC=C(O)C(=O)OCCCOCC(O)C(OCCCOC(=O)C(O)=CC)C(O)COCCCOC(=O)C(O)=CC. The van der Waals surface area contributed by atoms with Crippen LogP contribution in [0.15, 0.2) is 35.5 Å². The van der Waals surface area contributed by atoms with Crippen molar-refractivity contribution in [2.75, 3.05) is 52.9 Å². The molecule has 0 aliphatic rings. The summed E-state index contributed by atoms with van der Waals surface area (Å²) in [6.45, 7) is 4.05. The first-order valence-corrected chi connectivity index (χ1v) is 12.8. The molecular weight excluding hydrogens is 536 g/mol. The van der Waals surface area contributed by atoms with Crippen LogP contribution < -0.4 is 0 Å². The van der Waals surface area contributed by atoms with Crippen LogP contribution in [0.3, 0.4) is 0 Å². The highest BCUT2D eigenvalue weighted by molar-refractivity contribution is 5.86. The van der Waals surface area contributed by atoms with Crippen LogP contribution in [0, 0.1) is 0 Å². The highest BCUT2D eigenvalue weighted by Crippen LogP contribution is 2.10. The minimum atomic E-state index is -1.28. The number of carbonyl (C=O) groups excluding carboxylic acids is 3. The molecule has 0 aliphatic carbocycles. The molecule has 230 valence electrons. The molecule has 2 unspecified atom stereocenters. The molecule has 0 aromatic heterocycles. The fourth-order valence-corrected chi connectivity index (χ4v) is 2.75. The second-order valence-electron chi connectivity index (χ2n) is 8.11. The smallest absolute Gasteiger partial charge is 0.373 e. The lowest BCUT2D eigenvalue weighted by Crippen LogP contribution is -2.45. The van der Waals surface area contributed by atoms with Crippen molar-refractivity contribution in [1.29, 1.82) is 0 Å². The van der Waals surface area contributed by atoms with Crippen molar-refractivity contribution >= 4 is 17.9 Å². The summed E-state index contributed by atoms with van der Waals surface area (Å²) in [7, 11) is 0. The Kier molecular flexibility index (Phi) is 20.8. The Bertz CT molecular complexity index is 787. The van der Waals surface area contributed by atoms with E-state index in [9.17, 15) is 39.9 Å². The van der Waals surface area contributed by atoms with Crippen LogP contribution in [-0.2, 0) is 42.8 Å². The van der Waals surface area contributed by atoms with E-state index in [1.807, 2.05) is 0 Å². The molecule has 14 nitrogen and oxygen atoms in total. The maximum Gasteiger partial charge on any atom is 0.373 e. The molecule has 0 heterocycles. The van der Waals surface area contributed by atoms with E-state index in [1.165, 1.54) is 39.0 Å². The van der Waals surface area contributed by atoms with Gasteiger partial charge in [-0.15, -0.1) is 0 Å². The van der Waals surface area contributed by atoms with Gasteiger partial charge in [0.05, 0.1) is 39.6 Å². The number of rotatable bonds is 22. The molecule has 0 aromatic carbocycles. The minimum Gasteiger partial charge on any atom is -0.502 e. The van der Waals surface area contributed by atoms with Gasteiger partial charge in [0.1, 0.15) is 18.3 Å². The van der Waals surface area contributed by atoms with E-state index in [1.54, 1.807) is 0 Å². The van der Waals surface area contributed by atoms with Crippen LogP contribution in [-0.4, -0.2) is 115 Å². The highest BCUT2D eigenvalue weighted by atomic mass is 16.6. The summed E-state index contributed by atoms with van der Waals surface area (Å²) in [6.07, 6.45) is 0.649. The monoisotopic (exact) mass is 578 g/mol. The van der Waals surface area contributed by atoms with Gasteiger partial charge >= 0.3 is 17.9 Å². The van der Waals surface area contributed by atoms with Crippen LogP contribution in [0.2, 0.25) is 0 Å². The number of esters is 3. The van der Waals surface area contributed by atoms with Crippen molar-refractivity contribution in [2.45, 2.75) is 58.3 Å². The molecule has 0 radical (unpaired) electrons. The van der Waals surface area contributed by atoms with E-state index in [0.29, 0.717) is 0 Å². The van der Waals surface area contributed by atoms with E-state index >= 15 is 0 Å². The average Bonchev–Trinajstić information content (AvgIpc) is 2.96. The zero-order valence-electron chi connectivity index (χ0n) is 23.2. The van der Waals surface area contributed by atoms with Gasteiger partial charge in [-0.1, -0.05) is 0 Å². The third-order valence-electron chi connectivity index (χ3n) is 4.95. The Labute approximate surface area is 233 Å². The van der Waals surface area contributed by atoms with Crippen LogP contribution in [0.1, 0.15) is 40.0 Å². The number of aliphatic hydroxyl groups is 5. The summed E-state index contributed by atoms with van der Waals surface area (Å²) in [5.74, 6) is -4.15.